The summed E-state index contributed by atoms with van der Waals surface area (Å²) in [5.41, 5.74) is 5.54. The number of aryl methyl sites for hydroxylation is 2. The maximum atomic E-state index is 3.64. The van der Waals surface area contributed by atoms with Crippen LogP contribution in [-0.4, -0.2) is 6.04 Å². The van der Waals surface area contributed by atoms with Crippen molar-refractivity contribution in [3.8, 4) is 0 Å². The molecule has 2 aromatic carbocycles. The van der Waals surface area contributed by atoms with Crippen molar-refractivity contribution in [2.24, 2.45) is 0 Å². The van der Waals surface area contributed by atoms with E-state index in [0.717, 1.165) is 12.3 Å². The molecular weight excluding hydrogens is 242 g/mol. The summed E-state index contributed by atoms with van der Waals surface area (Å²) in [4.78, 5) is 0. The van der Waals surface area contributed by atoms with Crippen LogP contribution in [0, 0.1) is 6.92 Å². The number of anilines is 1. The highest BCUT2D eigenvalue weighted by Gasteiger charge is 2.30. The molecule has 104 valence electrons. The van der Waals surface area contributed by atoms with Gasteiger partial charge in [-0.1, -0.05) is 48.9 Å². The highest BCUT2D eigenvalue weighted by molar-refractivity contribution is 5.46. The average Bonchev–Trinajstić information content (AvgIpc) is 2.43. The fraction of sp³-hybridized carbons (Fsp3) is 0.368. The van der Waals surface area contributed by atoms with Crippen LogP contribution in [0.25, 0.3) is 0 Å². The number of hydrogen-bond acceptors (Lipinski definition) is 1. The van der Waals surface area contributed by atoms with Crippen LogP contribution in [0.2, 0.25) is 0 Å². The quantitative estimate of drug-likeness (QED) is 0.827. The van der Waals surface area contributed by atoms with Crippen molar-refractivity contribution in [1.82, 2.24) is 0 Å². The molecule has 0 unspecified atom stereocenters. The monoisotopic (exact) mass is 265 g/mol. The molecule has 2 aromatic rings. The third kappa shape index (κ3) is 2.87. The molecular formula is C19H23N. The summed E-state index contributed by atoms with van der Waals surface area (Å²) in [6.45, 7) is 4.37. The Kier molecular flexibility index (Phi) is 3.77. The van der Waals surface area contributed by atoms with E-state index in [9.17, 15) is 0 Å². The largest absolute Gasteiger partial charge is 0.382 e. The minimum Gasteiger partial charge on any atom is -0.382 e. The van der Waals surface area contributed by atoms with Crippen molar-refractivity contribution in [3.63, 3.8) is 0 Å². The summed E-state index contributed by atoms with van der Waals surface area (Å²) >= 11 is 0. The third-order valence-electron chi connectivity index (χ3n) is 4.38. The summed E-state index contributed by atoms with van der Waals surface area (Å²) in [7, 11) is 0. The van der Waals surface area contributed by atoms with Crippen LogP contribution in [0.4, 0.5) is 5.69 Å². The predicted molar refractivity (Wildman–Crippen MR) is 86.4 cm³/mol. The van der Waals surface area contributed by atoms with Crippen LogP contribution < -0.4 is 5.32 Å². The van der Waals surface area contributed by atoms with E-state index in [1.54, 1.807) is 0 Å². The molecule has 0 amide bonds. The lowest BCUT2D eigenvalue weighted by Gasteiger charge is -2.37. The lowest BCUT2D eigenvalue weighted by molar-refractivity contribution is 0.374. The first-order valence-corrected chi connectivity index (χ1v) is 7.66. The van der Waals surface area contributed by atoms with E-state index >= 15 is 0 Å². The number of nitrogens with one attached hydrogen (secondary N) is 1. The Morgan fingerprint density at radius 2 is 1.80 bits per heavy atom. The zero-order valence-corrected chi connectivity index (χ0v) is 12.4. The van der Waals surface area contributed by atoms with Gasteiger partial charge in [0.05, 0.1) is 0 Å². The zero-order valence-electron chi connectivity index (χ0n) is 12.4. The Bertz CT molecular complexity index is 565. The van der Waals surface area contributed by atoms with Crippen molar-refractivity contribution in [3.05, 3.63) is 65.2 Å². The molecule has 0 aromatic heterocycles. The second-order valence-electron chi connectivity index (χ2n) is 5.97. The van der Waals surface area contributed by atoms with Crippen molar-refractivity contribution in [2.45, 2.75) is 45.1 Å². The maximum Gasteiger partial charge on any atom is 0.0342 e. The van der Waals surface area contributed by atoms with Crippen LogP contribution in [0.15, 0.2) is 48.5 Å². The van der Waals surface area contributed by atoms with Gasteiger partial charge in [0.25, 0.3) is 0 Å². The molecule has 0 spiro atoms. The van der Waals surface area contributed by atoms with Gasteiger partial charge < -0.3 is 5.32 Å². The first-order chi connectivity index (χ1) is 9.74. The van der Waals surface area contributed by atoms with E-state index in [1.807, 2.05) is 0 Å². The summed E-state index contributed by atoms with van der Waals surface area (Å²) in [6, 6.07) is 18.4. The lowest BCUT2D eigenvalue weighted by atomic mass is 9.75. The molecule has 1 aliphatic carbocycles. The molecule has 0 bridgehead atoms. The Morgan fingerprint density at radius 1 is 1.05 bits per heavy atom. The second-order valence-corrected chi connectivity index (χ2v) is 5.97. The highest BCUT2D eigenvalue weighted by atomic mass is 14.9. The van der Waals surface area contributed by atoms with E-state index in [0.29, 0.717) is 6.04 Å². The summed E-state index contributed by atoms with van der Waals surface area (Å²) in [5, 5.41) is 3.64. The van der Waals surface area contributed by atoms with Crippen molar-refractivity contribution >= 4 is 5.69 Å². The number of hydrogen-bond donors (Lipinski definition) is 1. The first kappa shape index (κ1) is 13.2. The normalized spacial score (nSPS) is 21.3. The molecule has 3 rings (SSSR count). The van der Waals surface area contributed by atoms with Gasteiger partial charge in [-0.15, -0.1) is 0 Å². The maximum absolute atomic E-state index is 3.64. The molecule has 1 heteroatoms. The van der Waals surface area contributed by atoms with Gasteiger partial charge in [-0.2, -0.15) is 0 Å². The smallest absolute Gasteiger partial charge is 0.0342 e. The van der Waals surface area contributed by atoms with Gasteiger partial charge in [0.15, 0.2) is 0 Å². The summed E-state index contributed by atoms with van der Waals surface area (Å²) in [6.07, 6.45) is 3.61. The molecule has 0 aliphatic heterocycles. The van der Waals surface area contributed by atoms with Crippen LogP contribution in [0.5, 0.6) is 0 Å². The molecule has 0 atom stereocenters. The number of rotatable bonds is 4. The van der Waals surface area contributed by atoms with Gasteiger partial charge in [0.1, 0.15) is 0 Å². The molecule has 1 nitrogen and oxygen atoms in total. The predicted octanol–water partition coefficient (Wildman–Crippen LogP) is 4.92. The minimum atomic E-state index is 0.632. The van der Waals surface area contributed by atoms with E-state index in [-0.39, 0.29) is 0 Å². The summed E-state index contributed by atoms with van der Waals surface area (Å²) in [5.74, 6) is 0.738. The Hall–Kier alpha value is -1.76. The van der Waals surface area contributed by atoms with Crippen LogP contribution in [0.1, 0.15) is 42.4 Å². The molecule has 1 aliphatic rings. The lowest BCUT2D eigenvalue weighted by Crippen LogP contribution is -2.33. The fourth-order valence-electron chi connectivity index (χ4n) is 3.00. The molecule has 20 heavy (non-hydrogen) atoms. The molecule has 1 N–H and O–H groups in total. The Morgan fingerprint density at radius 3 is 2.45 bits per heavy atom. The molecule has 0 heterocycles. The Labute approximate surface area is 122 Å². The van der Waals surface area contributed by atoms with Crippen LogP contribution in [-0.2, 0) is 6.42 Å². The van der Waals surface area contributed by atoms with E-state index in [4.69, 9.17) is 0 Å². The first-order valence-electron chi connectivity index (χ1n) is 7.66. The molecule has 0 radical (unpaired) electrons. The zero-order chi connectivity index (χ0) is 13.9. The van der Waals surface area contributed by atoms with E-state index < -0.39 is 0 Å². The van der Waals surface area contributed by atoms with Crippen molar-refractivity contribution < 1.29 is 0 Å². The van der Waals surface area contributed by atoms with Gasteiger partial charge in [0, 0.05) is 11.7 Å². The molecule has 1 fully saturated rings. The van der Waals surface area contributed by atoms with Crippen LogP contribution in [0.3, 0.4) is 0 Å². The highest BCUT2D eigenvalue weighted by Crippen LogP contribution is 2.38. The second kappa shape index (κ2) is 5.70. The fourth-order valence-corrected chi connectivity index (χ4v) is 3.00. The third-order valence-corrected chi connectivity index (χ3v) is 4.38. The topological polar surface area (TPSA) is 12.0 Å². The Balaban J connectivity index is 1.55. The average molecular weight is 265 g/mol. The van der Waals surface area contributed by atoms with Gasteiger partial charge in [-0.05, 0) is 55.4 Å². The number of benzene rings is 2. The standard InChI is InChI=1S/C19H23N/c1-3-15-7-9-18(10-8-15)20-19-12-17(13-19)16-6-4-5-14(2)11-16/h4-11,17,19-20H,3,12-13H2,1-2H3. The minimum absolute atomic E-state index is 0.632. The van der Waals surface area contributed by atoms with Gasteiger partial charge in [-0.25, -0.2) is 0 Å². The van der Waals surface area contributed by atoms with E-state index in [1.165, 1.54) is 35.2 Å². The van der Waals surface area contributed by atoms with Gasteiger partial charge >= 0.3 is 0 Å². The summed E-state index contributed by atoms with van der Waals surface area (Å²) < 4.78 is 0. The molecule has 1 saturated carbocycles. The van der Waals surface area contributed by atoms with Gasteiger partial charge in [0.2, 0.25) is 0 Å². The SMILES string of the molecule is CCc1ccc(NC2CC(c3cccc(C)c3)C2)cc1. The van der Waals surface area contributed by atoms with Crippen molar-refractivity contribution in [1.29, 1.82) is 0 Å². The molecule has 0 saturated heterocycles. The van der Waals surface area contributed by atoms with Crippen LogP contribution >= 0.6 is 0 Å². The van der Waals surface area contributed by atoms with Gasteiger partial charge in [-0.3, -0.25) is 0 Å². The van der Waals surface area contributed by atoms with E-state index in [2.05, 4.69) is 67.7 Å². The van der Waals surface area contributed by atoms with Crippen molar-refractivity contribution in [2.75, 3.05) is 5.32 Å².